The van der Waals surface area contributed by atoms with E-state index >= 15 is 0 Å². The normalized spacial score (nSPS) is 23.8. The Morgan fingerprint density at radius 3 is 2.59 bits per heavy atom. The maximum absolute atomic E-state index is 13.5. The van der Waals surface area contributed by atoms with Crippen molar-refractivity contribution in [1.29, 1.82) is 0 Å². The van der Waals surface area contributed by atoms with Crippen LogP contribution in [0, 0.1) is 11.8 Å². The Bertz CT molecular complexity index is 1070. The zero-order chi connectivity index (χ0) is 23.0. The molecule has 32 heavy (non-hydrogen) atoms. The van der Waals surface area contributed by atoms with E-state index < -0.39 is 17.4 Å². The van der Waals surface area contributed by atoms with Gasteiger partial charge in [-0.15, -0.1) is 0 Å². The van der Waals surface area contributed by atoms with Crippen molar-refractivity contribution in [2.75, 3.05) is 17.2 Å². The molecule has 2 aliphatic rings. The third-order valence-electron chi connectivity index (χ3n) is 6.22. The molecule has 3 atom stereocenters. The molecule has 0 bridgehead atoms. The molecule has 2 heterocycles. The monoisotopic (exact) mass is 499 g/mol. The maximum atomic E-state index is 13.5. The van der Waals surface area contributed by atoms with Crippen molar-refractivity contribution in [2.45, 2.75) is 38.8 Å². The molecule has 2 aliphatic heterocycles. The molecule has 1 fully saturated rings. The van der Waals surface area contributed by atoms with Crippen LogP contribution >= 0.6 is 15.9 Å². The average molecular weight is 500 g/mol. The van der Waals surface area contributed by atoms with Gasteiger partial charge >= 0.3 is 5.97 Å². The highest BCUT2D eigenvalue weighted by Gasteiger charge is 2.60. The van der Waals surface area contributed by atoms with E-state index in [0.29, 0.717) is 30.0 Å². The van der Waals surface area contributed by atoms with Crippen LogP contribution in [0.5, 0.6) is 0 Å². The lowest BCUT2D eigenvalue weighted by atomic mass is 9.79. The van der Waals surface area contributed by atoms with Gasteiger partial charge in [-0.25, -0.2) is 4.79 Å². The quantitative estimate of drug-likeness (QED) is 0.539. The number of hydrogen-bond acceptors (Lipinski definition) is 5. The Hall–Kier alpha value is -2.71. The van der Waals surface area contributed by atoms with Crippen molar-refractivity contribution in [1.82, 2.24) is 5.32 Å². The second-order valence-electron chi connectivity index (χ2n) is 8.52. The van der Waals surface area contributed by atoms with Gasteiger partial charge in [0, 0.05) is 27.5 Å². The van der Waals surface area contributed by atoms with Crippen LogP contribution in [0.1, 0.15) is 43.1 Å². The number of halogens is 1. The lowest BCUT2D eigenvalue weighted by molar-refractivity contribution is -0.130. The maximum Gasteiger partial charge on any atom is 0.338 e. The summed E-state index contributed by atoms with van der Waals surface area (Å²) in [6, 6.07) is 12.2. The molecule has 0 radical (unpaired) electrons. The zero-order valence-corrected chi connectivity index (χ0v) is 19.8. The molecule has 1 saturated heterocycles. The van der Waals surface area contributed by atoms with Crippen LogP contribution in [-0.4, -0.2) is 30.4 Å². The number of anilines is 2. The van der Waals surface area contributed by atoms with Crippen LogP contribution in [0.15, 0.2) is 46.9 Å². The largest absolute Gasteiger partial charge is 0.462 e. The van der Waals surface area contributed by atoms with E-state index in [-0.39, 0.29) is 23.8 Å². The molecular weight excluding hydrogens is 474 g/mol. The van der Waals surface area contributed by atoms with Crippen LogP contribution in [0.25, 0.3) is 0 Å². The molecule has 0 saturated carbocycles. The Balaban J connectivity index is 1.64. The third-order valence-corrected chi connectivity index (χ3v) is 6.72. The SMILES string of the molecule is CCOC(=O)c1ccc(NC(=O)[C@@H]2C[C@H](C(C)C)N[C@@]23C(=O)Nc2ccc(Br)cc23)cc1. The second-order valence-corrected chi connectivity index (χ2v) is 9.44. The fraction of sp³-hybridized carbons (Fsp3) is 0.375. The van der Waals surface area contributed by atoms with Crippen LogP contribution in [0.3, 0.4) is 0 Å². The van der Waals surface area contributed by atoms with Crippen molar-refractivity contribution >= 4 is 45.1 Å². The van der Waals surface area contributed by atoms with Gasteiger partial charge in [0.05, 0.1) is 18.1 Å². The van der Waals surface area contributed by atoms with E-state index in [1.54, 1.807) is 31.2 Å². The van der Waals surface area contributed by atoms with Gasteiger partial charge in [-0.3, -0.25) is 14.9 Å². The fourth-order valence-electron chi connectivity index (χ4n) is 4.54. The van der Waals surface area contributed by atoms with Crippen LogP contribution in [0.4, 0.5) is 11.4 Å². The molecule has 0 aliphatic carbocycles. The van der Waals surface area contributed by atoms with Crippen LogP contribution in [-0.2, 0) is 19.9 Å². The predicted octanol–water partition coefficient (Wildman–Crippen LogP) is 4.05. The van der Waals surface area contributed by atoms with Crippen molar-refractivity contribution in [3.8, 4) is 0 Å². The molecule has 1 spiro atoms. The molecule has 4 rings (SSSR count). The van der Waals surface area contributed by atoms with E-state index in [1.807, 2.05) is 18.2 Å². The van der Waals surface area contributed by atoms with Gasteiger partial charge in [0.2, 0.25) is 11.8 Å². The number of benzene rings is 2. The summed E-state index contributed by atoms with van der Waals surface area (Å²) in [5.74, 6) is -1.22. The molecule has 0 unspecified atom stereocenters. The summed E-state index contributed by atoms with van der Waals surface area (Å²) in [5.41, 5.74) is 1.32. The summed E-state index contributed by atoms with van der Waals surface area (Å²) in [5, 5.41) is 9.38. The van der Waals surface area contributed by atoms with Gasteiger partial charge in [0.15, 0.2) is 0 Å². The molecule has 0 aromatic heterocycles. The highest BCUT2D eigenvalue weighted by molar-refractivity contribution is 9.10. The minimum absolute atomic E-state index is 0.00706. The van der Waals surface area contributed by atoms with Crippen LogP contribution in [0.2, 0.25) is 0 Å². The van der Waals surface area contributed by atoms with E-state index in [2.05, 4.69) is 45.7 Å². The van der Waals surface area contributed by atoms with Gasteiger partial charge in [-0.2, -0.15) is 0 Å². The van der Waals surface area contributed by atoms with E-state index in [9.17, 15) is 14.4 Å². The predicted molar refractivity (Wildman–Crippen MR) is 125 cm³/mol. The summed E-state index contributed by atoms with van der Waals surface area (Å²) >= 11 is 3.49. The van der Waals surface area contributed by atoms with Crippen molar-refractivity contribution in [2.24, 2.45) is 11.8 Å². The molecule has 3 N–H and O–H groups in total. The Kier molecular flexibility index (Phi) is 6.09. The first-order valence-electron chi connectivity index (χ1n) is 10.7. The van der Waals surface area contributed by atoms with Gasteiger partial charge in [-0.05, 0) is 61.7 Å². The summed E-state index contributed by atoms with van der Waals surface area (Å²) in [7, 11) is 0. The molecule has 8 heteroatoms. The number of esters is 1. The zero-order valence-electron chi connectivity index (χ0n) is 18.2. The van der Waals surface area contributed by atoms with E-state index in [1.165, 1.54) is 0 Å². The Morgan fingerprint density at radius 1 is 1.22 bits per heavy atom. The minimum Gasteiger partial charge on any atom is -0.462 e. The number of rotatable bonds is 5. The molecule has 2 amide bonds. The molecule has 168 valence electrons. The summed E-state index contributed by atoms with van der Waals surface area (Å²) < 4.78 is 5.84. The highest BCUT2D eigenvalue weighted by atomic mass is 79.9. The van der Waals surface area contributed by atoms with Gasteiger partial charge in [-0.1, -0.05) is 29.8 Å². The van der Waals surface area contributed by atoms with Crippen molar-refractivity contribution < 1.29 is 19.1 Å². The fourth-order valence-corrected chi connectivity index (χ4v) is 4.90. The van der Waals surface area contributed by atoms with Gasteiger partial charge in [0.1, 0.15) is 5.54 Å². The van der Waals surface area contributed by atoms with Crippen molar-refractivity contribution in [3.05, 3.63) is 58.1 Å². The lowest BCUT2D eigenvalue weighted by Crippen LogP contribution is -2.52. The minimum atomic E-state index is -1.14. The molecule has 2 aromatic rings. The number of carbonyl (C=O) groups is 3. The molecular formula is C24H26BrN3O4. The Morgan fingerprint density at radius 2 is 1.94 bits per heavy atom. The summed E-state index contributed by atoms with van der Waals surface area (Å²) in [4.78, 5) is 38.6. The molecule has 2 aromatic carbocycles. The first-order valence-corrected chi connectivity index (χ1v) is 11.5. The second kappa shape index (κ2) is 8.67. The highest BCUT2D eigenvalue weighted by Crippen LogP contribution is 2.48. The van der Waals surface area contributed by atoms with Crippen LogP contribution < -0.4 is 16.0 Å². The number of amides is 2. The average Bonchev–Trinajstić information content (AvgIpc) is 3.29. The lowest BCUT2D eigenvalue weighted by Gasteiger charge is -2.29. The smallest absolute Gasteiger partial charge is 0.338 e. The van der Waals surface area contributed by atoms with E-state index in [4.69, 9.17) is 4.74 Å². The standard InChI is InChI=1S/C24H26BrN3O4/c1-4-32-22(30)14-5-8-16(9-6-14)26-21(29)18-12-20(13(2)3)28-24(18)17-11-15(25)7-10-19(17)27-23(24)31/h5-11,13,18,20,28H,4,12H2,1-3H3,(H,26,29)(H,27,31)/t18-,20+,24+/m0/s1. The number of hydrogen-bond donors (Lipinski definition) is 3. The topological polar surface area (TPSA) is 96.5 Å². The van der Waals surface area contributed by atoms with Gasteiger partial charge in [0.25, 0.3) is 0 Å². The number of fused-ring (bicyclic) bond motifs is 2. The number of carbonyl (C=O) groups excluding carboxylic acids is 3. The molecule has 7 nitrogen and oxygen atoms in total. The van der Waals surface area contributed by atoms with E-state index in [0.717, 1.165) is 10.0 Å². The summed E-state index contributed by atoms with van der Waals surface area (Å²) in [6.45, 7) is 6.20. The summed E-state index contributed by atoms with van der Waals surface area (Å²) in [6.07, 6.45) is 0.532. The Labute approximate surface area is 195 Å². The van der Waals surface area contributed by atoms with Crippen molar-refractivity contribution in [3.63, 3.8) is 0 Å². The van der Waals surface area contributed by atoms with Gasteiger partial charge < -0.3 is 15.4 Å². The third kappa shape index (κ3) is 3.82. The first-order chi connectivity index (χ1) is 15.3. The first kappa shape index (κ1) is 22.5. The number of ether oxygens (including phenoxy) is 1. The number of nitrogens with one attached hydrogen (secondary N) is 3.